The second-order valence-corrected chi connectivity index (χ2v) is 6.35. The molecule has 0 aliphatic rings. The van der Waals surface area contributed by atoms with E-state index in [0.717, 1.165) is 0 Å². The quantitative estimate of drug-likeness (QED) is 0.389. The number of nitriles is 2. The van der Waals surface area contributed by atoms with Gasteiger partial charge in [0.15, 0.2) is 11.6 Å². The van der Waals surface area contributed by atoms with Crippen molar-refractivity contribution in [2.24, 2.45) is 0 Å². The van der Waals surface area contributed by atoms with Crippen molar-refractivity contribution in [3.05, 3.63) is 82.3 Å². The average molecular weight is 464 g/mol. The van der Waals surface area contributed by atoms with Crippen LogP contribution < -0.4 is 10.2 Å². The number of benzene rings is 2. The maximum Gasteiger partial charge on any atom is 2.00 e. The summed E-state index contributed by atoms with van der Waals surface area (Å²) >= 11 is 0. The summed E-state index contributed by atoms with van der Waals surface area (Å²) in [5.74, 6) is -1.03. The monoisotopic (exact) mass is 463 g/mol. The number of rotatable bonds is 4. The van der Waals surface area contributed by atoms with Crippen LogP contribution in [-0.2, 0) is 26.7 Å². The zero-order valence-electron chi connectivity index (χ0n) is 17.4. The molecule has 2 aromatic rings. The molecule has 2 rings (SSSR count). The molecule has 0 saturated heterocycles. The Kier molecular flexibility index (Phi) is 11.3. The van der Waals surface area contributed by atoms with E-state index >= 15 is 0 Å². The van der Waals surface area contributed by atoms with Gasteiger partial charge in [0.05, 0.1) is 23.3 Å². The van der Waals surface area contributed by atoms with Crippen LogP contribution in [-0.4, -0.2) is 11.6 Å². The van der Waals surface area contributed by atoms with Crippen LogP contribution in [0.25, 0.3) is 11.1 Å². The van der Waals surface area contributed by atoms with Gasteiger partial charge in [-0.1, -0.05) is 38.1 Å². The summed E-state index contributed by atoms with van der Waals surface area (Å²) in [6.45, 7) is 5.42. The van der Waals surface area contributed by atoms with Gasteiger partial charge in [0.25, 0.3) is 0 Å². The summed E-state index contributed by atoms with van der Waals surface area (Å²) in [4.78, 5) is 22.4. The molecule has 2 aromatic carbocycles. The van der Waals surface area contributed by atoms with Gasteiger partial charge in [-0.3, -0.25) is 9.59 Å². The summed E-state index contributed by atoms with van der Waals surface area (Å²) in [6, 6.07) is 16.7. The molecule has 0 fully saturated rings. The second-order valence-electron chi connectivity index (χ2n) is 6.35. The van der Waals surface area contributed by atoms with E-state index in [2.05, 4.69) is 0 Å². The van der Waals surface area contributed by atoms with Gasteiger partial charge in [-0.2, -0.15) is 10.5 Å². The van der Waals surface area contributed by atoms with Crippen LogP contribution in [0.4, 0.5) is 0 Å². The number of hydrogen-bond acceptors (Lipinski definition) is 6. The van der Waals surface area contributed by atoms with Gasteiger partial charge in [0.2, 0.25) is 0 Å². The summed E-state index contributed by atoms with van der Waals surface area (Å²) in [5, 5.41) is 39.6. The number of Topliss-reactive ketones (excluding diaryl/α,β-unsaturated/α-hetero) is 2. The molecule has 161 valence electrons. The molecule has 7 heteroatoms. The fourth-order valence-electron chi connectivity index (χ4n) is 2.73. The predicted molar refractivity (Wildman–Crippen MR) is 109 cm³/mol. The van der Waals surface area contributed by atoms with Gasteiger partial charge in [-0.15, -0.1) is 11.5 Å². The van der Waals surface area contributed by atoms with Crippen LogP contribution in [0.15, 0.2) is 60.0 Å². The average Bonchev–Trinajstić information content (AvgIpc) is 2.68. The minimum atomic E-state index is -0.257. The Morgan fingerprint density at radius 2 is 0.903 bits per heavy atom. The summed E-state index contributed by atoms with van der Waals surface area (Å²) in [7, 11) is 0. The van der Waals surface area contributed by atoms with Crippen molar-refractivity contribution in [3.63, 3.8) is 0 Å². The SMILES string of the molecule is CC(=O)/C(=C(/C)[O-])c1ccc(C#N)cc1.CC(=O)/C(=C(/C)[O-])c1ccc(C#N)cc1.[Cu+2]. The first-order valence-corrected chi connectivity index (χ1v) is 8.91. The first-order valence-electron chi connectivity index (χ1n) is 8.91. The molecule has 0 aliphatic heterocycles. The van der Waals surface area contributed by atoms with E-state index < -0.39 is 0 Å². The van der Waals surface area contributed by atoms with Crippen molar-refractivity contribution in [1.82, 2.24) is 0 Å². The van der Waals surface area contributed by atoms with Crippen molar-refractivity contribution in [3.8, 4) is 12.1 Å². The molecule has 0 bridgehead atoms. The van der Waals surface area contributed by atoms with Gasteiger partial charge < -0.3 is 10.2 Å². The molecule has 1 radical (unpaired) electrons. The topological polar surface area (TPSA) is 128 Å². The second kappa shape index (κ2) is 12.8. The minimum absolute atomic E-state index is 0. The van der Waals surface area contributed by atoms with Gasteiger partial charge >= 0.3 is 17.1 Å². The summed E-state index contributed by atoms with van der Waals surface area (Å²) < 4.78 is 0. The number of carbonyl (C=O) groups is 2. The number of ketones is 2. The predicted octanol–water partition coefficient (Wildman–Crippen LogP) is 2.47. The van der Waals surface area contributed by atoms with Gasteiger partial charge in [-0.25, -0.2) is 0 Å². The molecular weight excluding hydrogens is 444 g/mol. The number of allylic oxidation sites excluding steroid dienone is 4. The van der Waals surface area contributed by atoms with E-state index in [-0.39, 0.29) is 51.3 Å². The van der Waals surface area contributed by atoms with Gasteiger partial charge in [0, 0.05) is 11.1 Å². The van der Waals surface area contributed by atoms with Crippen molar-refractivity contribution < 1.29 is 36.9 Å². The Morgan fingerprint density at radius 1 is 0.645 bits per heavy atom. The molecule has 0 heterocycles. The summed E-state index contributed by atoms with van der Waals surface area (Å²) in [6.07, 6.45) is 0. The van der Waals surface area contributed by atoms with E-state index in [4.69, 9.17) is 10.5 Å². The largest absolute Gasteiger partial charge is 2.00 e. The van der Waals surface area contributed by atoms with Crippen LogP contribution in [0.1, 0.15) is 49.9 Å². The Morgan fingerprint density at radius 3 is 1.06 bits per heavy atom. The number of carbonyl (C=O) groups excluding carboxylic acids is 2. The molecule has 0 unspecified atom stereocenters. The zero-order chi connectivity index (χ0) is 22.8. The molecule has 0 spiro atoms. The number of nitrogens with zero attached hydrogens (tertiary/aromatic N) is 2. The van der Waals surface area contributed by atoms with Crippen molar-refractivity contribution in [1.29, 1.82) is 10.5 Å². The molecule has 0 aromatic heterocycles. The molecule has 0 amide bonds. The van der Waals surface area contributed by atoms with Crippen molar-refractivity contribution in [2.75, 3.05) is 0 Å². The minimum Gasteiger partial charge on any atom is -0.875 e. The van der Waals surface area contributed by atoms with E-state index in [1.165, 1.54) is 27.7 Å². The van der Waals surface area contributed by atoms with Crippen LogP contribution in [0.5, 0.6) is 0 Å². The normalized spacial score (nSPS) is 11.2. The fraction of sp³-hybridized carbons (Fsp3) is 0.167. The molecule has 0 N–H and O–H groups in total. The maximum absolute atomic E-state index is 11.2. The molecule has 0 atom stereocenters. The third kappa shape index (κ3) is 7.95. The van der Waals surface area contributed by atoms with E-state index in [9.17, 15) is 19.8 Å². The van der Waals surface area contributed by atoms with Crippen LogP contribution in [0.2, 0.25) is 0 Å². The molecule has 0 saturated carbocycles. The van der Waals surface area contributed by atoms with Crippen LogP contribution in [0, 0.1) is 22.7 Å². The smallest absolute Gasteiger partial charge is 0.875 e. The van der Waals surface area contributed by atoms with E-state index in [1.54, 1.807) is 48.5 Å². The Bertz CT molecular complexity index is 987. The van der Waals surface area contributed by atoms with Crippen molar-refractivity contribution >= 4 is 22.7 Å². The standard InChI is InChI=1S/2C12H11NO2.Cu/c2*1-8(14)12(9(2)15)11-5-3-10(7-13)4-6-11;/h2*3-6,14H,1-2H3;/q;;+2/p-2/b2*12-8+;. The molecule has 6 nitrogen and oxygen atoms in total. The Balaban J connectivity index is 0.000000562. The van der Waals surface area contributed by atoms with E-state index in [1.807, 2.05) is 12.1 Å². The van der Waals surface area contributed by atoms with Gasteiger partial charge in [0.1, 0.15) is 0 Å². The molecule has 31 heavy (non-hydrogen) atoms. The third-order valence-corrected chi connectivity index (χ3v) is 4.01. The Hall–Kier alpha value is -3.64. The van der Waals surface area contributed by atoms with Gasteiger partial charge in [-0.05, 0) is 49.2 Å². The summed E-state index contributed by atoms with van der Waals surface area (Å²) in [5.41, 5.74) is 2.50. The molecular formula is C24H20CuN2O4. The molecule has 0 aliphatic carbocycles. The maximum atomic E-state index is 11.2. The van der Waals surface area contributed by atoms with Crippen molar-refractivity contribution in [2.45, 2.75) is 27.7 Å². The van der Waals surface area contributed by atoms with Crippen LogP contribution in [0.3, 0.4) is 0 Å². The van der Waals surface area contributed by atoms with Crippen LogP contribution >= 0.6 is 0 Å². The Labute approximate surface area is 192 Å². The number of hydrogen-bond donors (Lipinski definition) is 0. The fourth-order valence-corrected chi connectivity index (χ4v) is 2.73. The first-order chi connectivity index (χ1) is 14.1. The zero-order valence-corrected chi connectivity index (χ0v) is 18.4. The van der Waals surface area contributed by atoms with E-state index in [0.29, 0.717) is 22.3 Å². The first kappa shape index (κ1) is 27.4. The third-order valence-electron chi connectivity index (χ3n) is 4.01.